The normalized spacial score (nSPS) is 16.9. The maximum Gasteiger partial charge on any atom is 0.257 e. The van der Waals surface area contributed by atoms with Crippen LogP contribution in [0, 0.1) is 0 Å². The molecular weight excluding hydrogens is 374 g/mol. The minimum Gasteiger partial charge on any atom is -0.473 e. The Morgan fingerprint density at radius 3 is 2.73 bits per heavy atom. The number of amides is 1. The van der Waals surface area contributed by atoms with E-state index in [9.17, 15) is 13.2 Å². The lowest BCUT2D eigenvalue weighted by Crippen LogP contribution is -2.16. The highest BCUT2D eigenvalue weighted by Crippen LogP contribution is 2.22. The van der Waals surface area contributed by atoms with Crippen molar-refractivity contribution in [3.8, 4) is 5.88 Å². The Balaban J connectivity index is 1.63. The van der Waals surface area contributed by atoms with Gasteiger partial charge in [0, 0.05) is 23.7 Å². The van der Waals surface area contributed by atoms with Crippen molar-refractivity contribution in [3.63, 3.8) is 0 Å². The second kappa shape index (κ2) is 7.96. The number of carbonyl (C=O) groups is 1. The summed E-state index contributed by atoms with van der Waals surface area (Å²) >= 11 is 1.86. The molecule has 1 aromatic carbocycles. The molecule has 1 amide bonds. The van der Waals surface area contributed by atoms with E-state index in [4.69, 9.17) is 4.74 Å². The van der Waals surface area contributed by atoms with Gasteiger partial charge in [0.25, 0.3) is 5.91 Å². The first-order chi connectivity index (χ1) is 12.4. The summed E-state index contributed by atoms with van der Waals surface area (Å²) in [6.07, 6.45) is 3.72. The number of thioether (sulfide) groups is 1. The van der Waals surface area contributed by atoms with Crippen molar-refractivity contribution in [2.75, 3.05) is 27.8 Å². The third-order valence-corrected chi connectivity index (χ3v) is 5.34. The number of hydrogen-bond acceptors (Lipinski definition) is 6. The number of anilines is 2. The summed E-state index contributed by atoms with van der Waals surface area (Å²) in [7, 11) is -3.38. The van der Waals surface area contributed by atoms with Crippen LogP contribution in [0.15, 0.2) is 42.6 Å². The second-order valence-electron chi connectivity index (χ2n) is 5.90. The number of carbonyl (C=O) groups excluding carboxylic acids is 1. The maximum absolute atomic E-state index is 12.3. The molecule has 0 radical (unpaired) electrons. The molecule has 1 aliphatic rings. The molecule has 2 aromatic rings. The Labute approximate surface area is 156 Å². The fraction of sp³-hybridized carbons (Fsp3) is 0.294. The maximum atomic E-state index is 12.3. The fourth-order valence-electron chi connectivity index (χ4n) is 2.44. The number of aromatic nitrogens is 1. The van der Waals surface area contributed by atoms with Gasteiger partial charge in [0.15, 0.2) is 0 Å². The standard InChI is InChI=1S/C17H19N3O4S2/c1-26(22,23)20-14-4-2-3-13(9-14)19-17(21)12-5-6-16(18-10-12)24-15-7-8-25-11-15/h2-6,9-10,15,20H,7-8,11H2,1H3,(H,19,21)/t15-/m0/s1. The van der Waals surface area contributed by atoms with E-state index in [1.54, 1.807) is 36.4 Å². The zero-order valence-electron chi connectivity index (χ0n) is 14.1. The first kappa shape index (κ1) is 18.5. The van der Waals surface area contributed by atoms with Crippen molar-refractivity contribution in [1.82, 2.24) is 4.98 Å². The highest BCUT2D eigenvalue weighted by atomic mass is 32.2. The van der Waals surface area contributed by atoms with Gasteiger partial charge in [-0.1, -0.05) is 6.07 Å². The van der Waals surface area contributed by atoms with Crippen LogP contribution in [-0.4, -0.2) is 43.2 Å². The number of sulfonamides is 1. The van der Waals surface area contributed by atoms with Crippen LogP contribution in [0.5, 0.6) is 5.88 Å². The molecule has 0 unspecified atom stereocenters. The minimum atomic E-state index is -3.38. The molecular formula is C17H19N3O4S2. The molecule has 0 spiro atoms. The van der Waals surface area contributed by atoms with Gasteiger partial charge in [-0.3, -0.25) is 9.52 Å². The summed E-state index contributed by atoms with van der Waals surface area (Å²) in [5.74, 6) is 2.23. The minimum absolute atomic E-state index is 0.178. The third kappa shape index (κ3) is 5.37. The average Bonchev–Trinajstić information content (AvgIpc) is 3.07. The Bertz CT molecular complexity index is 879. The van der Waals surface area contributed by atoms with Gasteiger partial charge in [0.05, 0.1) is 17.5 Å². The first-order valence-electron chi connectivity index (χ1n) is 7.99. The van der Waals surface area contributed by atoms with E-state index < -0.39 is 10.0 Å². The Morgan fingerprint density at radius 1 is 1.27 bits per heavy atom. The lowest BCUT2D eigenvalue weighted by Gasteiger charge is -2.12. The van der Waals surface area contributed by atoms with Gasteiger partial charge in [0.2, 0.25) is 15.9 Å². The van der Waals surface area contributed by atoms with Crippen molar-refractivity contribution in [2.24, 2.45) is 0 Å². The quantitative estimate of drug-likeness (QED) is 0.783. The van der Waals surface area contributed by atoms with Crippen molar-refractivity contribution >= 4 is 39.1 Å². The van der Waals surface area contributed by atoms with E-state index in [2.05, 4.69) is 15.0 Å². The predicted molar refractivity (Wildman–Crippen MR) is 103 cm³/mol. The van der Waals surface area contributed by atoms with E-state index in [0.29, 0.717) is 22.8 Å². The van der Waals surface area contributed by atoms with Crippen LogP contribution in [0.3, 0.4) is 0 Å². The van der Waals surface area contributed by atoms with Crippen molar-refractivity contribution in [1.29, 1.82) is 0 Å². The molecule has 3 rings (SSSR count). The van der Waals surface area contributed by atoms with Crippen molar-refractivity contribution in [3.05, 3.63) is 48.2 Å². The molecule has 0 saturated carbocycles. The Kier molecular flexibility index (Phi) is 5.67. The van der Waals surface area contributed by atoms with Gasteiger partial charge in [-0.2, -0.15) is 11.8 Å². The number of nitrogens with one attached hydrogen (secondary N) is 2. The molecule has 0 bridgehead atoms. The van der Waals surface area contributed by atoms with Crippen LogP contribution in [-0.2, 0) is 10.0 Å². The average molecular weight is 393 g/mol. The number of benzene rings is 1. The first-order valence-corrected chi connectivity index (χ1v) is 11.0. The lowest BCUT2D eigenvalue weighted by atomic mass is 10.2. The molecule has 7 nitrogen and oxygen atoms in total. The summed E-state index contributed by atoms with van der Waals surface area (Å²) in [5, 5.41) is 2.72. The number of nitrogens with zero attached hydrogens (tertiary/aromatic N) is 1. The Morgan fingerprint density at radius 2 is 2.08 bits per heavy atom. The van der Waals surface area contributed by atoms with Gasteiger partial charge in [0.1, 0.15) is 6.10 Å². The van der Waals surface area contributed by atoms with Crippen LogP contribution in [0.2, 0.25) is 0 Å². The van der Waals surface area contributed by atoms with Crippen LogP contribution >= 0.6 is 11.8 Å². The van der Waals surface area contributed by atoms with Crippen molar-refractivity contribution in [2.45, 2.75) is 12.5 Å². The van der Waals surface area contributed by atoms with Gasteiger partial charge in [-0.15, -0.1) is 0 Å². The largest absolute Gasteiger partial charge is 0.473 e. The highest BCUT2D eigenvalue weighted by molar-refractivity contribution is 7.99. The molecule has 1 atom stereocenters. The number of hydrogen-bond donors (Lipinski definition) is 2. The molecule has 1 fully saturated rings. The molecule has 26 heavy (non-hydrogen) atoms. The summed E-state index contributed by atoms with van der Waals surface area (Å²) in [5.41, 5.74) is 1.24. The van der Waals surface area contributed by atoms with E-state index in [0.717, 1.165) is 24.2 Å². The second-order valence-corrected chi connectivity index (χ2v) is 8.80. The zero-order chi connectivity index (χ0) is 18.6. The zero-order valence-corrected chi connectivity index (χ0v) is 15.8. The number of pyridine rings is 1. The molecule has 138 valence electrons. The summed E-state index contributed by atoms with van der Waals surface area (Å²) in [6, 6.07) is 9.80. The van der Waals surface area contributed by atoms with Crippen LogP contribution in [0.25, 0.3) is 0 Å². The van der Waals surface area contributed by atoms with Gasteiger partial charge in [-0.05, 0) is 36.4 Å². The smallest absolute Gasteiger partial charge is 0.257 e. The topological polar surface area (TPSA) is 97.4 Å². The summed E-state index contributed by atoms with van der Waals surface area (Å²) < 4.78 is 30.7. The summed E-state index contributed by atoms with van der Waals surface area (Å²) in [4.78, 5) is 16.5. The number of rotatable bonds is 6. The predicted octanol–water partition coefficient (Wildman–Crippen LogP) is 2.59. The van der Waals surface area contributed by atoms with Crippen LogP contribution in [0.1, 0.15) is 16.8 Å². The van der Waals surface area contributed by atoms with Crippen LogP contribution < -0.4 is 14.8 Å². The van der Waals surface area contributed by atoms with E-state index in [-0.39, 0.29) is 12.0 Å². The molecule has 1 aromatic heterocycles. The SMILES string of the molecule is CS(=O)(=O)Nc1cccc(NC(=O)c2ccc(O[C@H]3CCSC3)nc2)c1. The molecule has 2 heterocycles. The van der Waals surface area contributed by atoms with Gasteiger partial charge < -0.3 is 10.1 Å². The van der Waals surface area contributed by atoms with Gasteiger partial charge >= 0.3 is 0 Å². The molecule has 2 N–H and O–H groups in total. The van der Waals surface area contributed by atoms with Crippen molar-refractivity contribution < 1.29 is 17.9 Å². The highest BCUT2D eigenvalue weighted by Gasteiger charge is 2.17. The van der Waals surface area contributed by atoms with E-state index in [1.807, 2.05) is 11.8 Å². The lowest BCUT2D eigenvalue weighted by molar-refractivity contribution is 0.102. The Hall–Kier alpha value is -2.26. The monoisotopic (exact) mass is 393 g/mol. The third-order valence-electron chi connectivity index (χ3n) is 3.60. The fourth-order valence-corrected chi connectivity index (χ4v) is 4.09. The molecule has 0 aliphatic carbocycles. The molecule has 1 aliphatic heterocycles. The van der Waals surface area contributed by atoms with E-state index >= 15 is 0 Å². The summed E-state index contributed by atoms with van der Waals surface area (Å²) in [6.45, 7) is 0. The van der Waals surface area contributed by atoms with Gasteiger partial charge in [-0.25, -0.2) is 13.4 Å². The van der Waals surface area contributed by atoms with Crippen LogP contribution in [0.4, 0.5) is 11.4 Å². The molecule has 1 saturated heterocycles. The molecule has 9 heteroatoms. The number of ether oxygens (including phenoxy) is 1. The van der Waals surface area contributed by atoms with E-state index in [1.165, 1.54) is 6.20 Å².